The normalized spacial score (nSPS) is 11.6. The zero-order valence-electron chi connectivity index (χ0n) is 21.9. The molecule has 0 aliphatic heterocycles. The number of carbonyl (C=O) groups is 2. The maximum atomic E-state index is 12.7. The number of hydrogen-bond donors (Lipinski definition) is 2. The van der Waals surface area contributed by atoms with Crippen molar-refractivity contribution in [3.05, 3.63) is 77.4 Å². The van der Waals surface area contributed by atoms with Gasteiger partial charge in [-0.1, -0.05) is 12.1 Å². The maximum Gasteiger partial charge on any atom is 0.389 e. The standard InChI is InChI=1S/C29H29F3N2O6/c1-3-38-28(36)23(22-11-8-20(33)17-24(22)34)15-18-5-9-21(10-6-18)40-27(35)19-7-12-25(26(16-19)37-2)39-14-4-13-29(30,31)32/h5-12,15-17H,3-4,13-14,33-34H2,1-2H3. The number of esters is 2. The SMILES string of the molecule is CCOC(=O)C(=Cc1ccc(OC(=O)c2ccc(OCCCC(F)(F)F)c(OC)c2)cc1)c1ccc(N)cc1N. The Bertz CT molecular complexity index is 1370. The zero-order chi connectivity index (χ0) is 29.3. The number of nitrogen functional groups attached to an aromatic ring is 2. The number of carbonyl (C=O) groups excluding carboxylic acids is 2. The molecule has 0 saturated carbocycles. The molecule has 0 unspecified atom stereocenters. The van der Waals surface area contributed by atoms with Crippen molar-refractivity contribution >= 4 is 35.0 Å². The molecule has 0 spiro atoms. The molecule has 0 atom stereocenters. The first kappa shape index (κ1) is 29.9. The first-order valence-corrected chi connectivity index (χ1v) is 12.2. The van der Waals surface area contributed by atoms with Crippen LogP contribution in [-0.2, 0) is 9.53 Å². The van der Waals surface area contributed by atoms with Crippen molar-refractivity contribution in [2.45, 2.75) is 25.9 Å². The number of halogens is 3. The second-order valence-corrected chi connectivity index (χ2v) is 8.52. The predicted octanol–water partition coefficient (Wildman–Crippen LogP) is 5.90. The summed E-state index contributed by atoms with van der Waals surface area (Å²) < 4.78 is 58.2. The summed E-state index contributed by atoms with van der Waals surface area (Å²) in [6.07, 6.45) is -3.84. The monoisotopic (exact) mass is 558 g/mol. The second-order valence-electron chi connectivity index (χ2n) is 8.52. The predicted molar refractivity (Wildman–Crippen MR) is 145 cm³/mol. The van der Waals surface area contributed by atoms with E-state index < -0.39 is 24.5 Å². The summed E-state index contributed by atoms with van der Waals surface area (Å²) in [5, 5.41) is 0. The van der Waals surface area contributed by atoms with Crippen molar-refractivity contribution in [2.24, 2.45) is 0 Å². The third-order valence-corrected chi connectivity index (χ3v) is 5.52. The van der Waals surface area contributed by atoms with Crippen LogP contribution < -0.4 is 25.7 Å². The number of methoxy groups -OCH3 is 1. The molecule has 3 rings (SSSR count). The number of anilines is 2. The van der Waals surface area contributed by atoms with Crippen molar-refractivity contribution < 1.29 is 41.7 Å². The average molecular weight is 559 g/mol. The Kier molecular flexibility index (Phi) is 10.0. The van der Waals surface area contributed by atoms with Gasteiger partial charge in [0.05, 0.1) is 31.5 Å². The number of benzene rings is 3. The summed E-state index contributed by atoms with van der Waals surface area (Å²) in [5.74, 6) is -0.631. The molecule has 0 aliphatic rings. The van der Waals surface area contributed by atoms with Gasteiger partial charge < -0.3 is 30.4 Å². The molecule has 0 radical (unpaired) electrons. The van der Waals surface area contributed by atoms with Crippen LogP contribution in [0.15, 0.2) is 60.7 Å². The lowest BCUT2D eigenvalue weighted by Crippen LogP contribution is -2.11. The van der Waals surface area contributed by atoms with Crippen molar-refractivity contribution in [3.8, 4) is 17.2 Å². The summed E-state index contributed by atoms with van der Waals surface area (Å²) in [7, 11) is 1.35. The molecule has 3 aromatic carbocycles. The van der Waals surface area contributed by atoms with Crippen LogP contribution in [0.5, 0.6) is 17.2 Å². The Balaban J connectivity index is 1.72. The molecule has 0 saturated heterocycles. The lowest BCUT2D eigenvalue weighted by molar-refractivity contribution is -0.137. The highest BCUT2D eigenvalue weighted by Gasteiger charge is 2.26. The highest BCUT2D eigenvalue weighted by molar-refractivity contribution is 6.23. The molecule has 8 nitrogen and oxygen atoms in total. The van der Waals surface area contributed by atoms with E-state index in [2.05, 4.69) is 0 Å². The number of alkyl halides is 3. The molecule has 212 valence electrons. The first-order valence-electron chi connectivity index (χ1n) is 12.2. The summed E-state index contributed by atoms with van der Waals surface area (Å²) in [6.45, 7) is 1.71. The minimum atomic E-state index is -4.26. The van der Waals surface area contributed by atoms with Gasteiger partial charge in [0.2, 0.25) is 0 Å². The minimum Gasteiger partial charge on any atom is -0.493 e. The number of hydrogen-bond acceptors (Lipinski definition) is 8. The Morgan fingerprint density at radius 3 is 2.30 bits per heavy atom. The van der Waals surface area contributed by atoms with Crippen LogP contribution in [0.3, 0.4) is 0 Å². The van der Waals surface area contributed by atoms with Gasteiger partial charge >= 0.3 is 18.1 Å². The molecule has 4 N–H and O–H groups in total. The summed E-state index contributed by atoms with van der Waals surface area (Å²) in [5.41, 5.74) is 14.1. The van der Waals surface area contributed by atoms with Crippen molar-refractivity contribution in [3.63, 3.8) is 0 Å². The van der Waals surface area contributed by atoms with Gasteiger partial charge in [0.25, 0.3) is 0 Å². The molecule has 0 amide bonds. The molecule has 0 bridgehead atoms. The third kappa shape index (κ3) is 8.42. The zero-order valence-corrected chi connectivity index (χ0v) is 21.9. The van der Waals surface area contributed by atoms with Crippen LogP contribution >= 0.6 is 0 Å². The van der Waals surface area contributed by atoms with Gasteiger partial charge in [0.1, 0.15) is 5.75 Å². The number of ether oxygens (including phenoxy) is 4. The maximum absolute atomic E-state index is 12.7. The van der Waals surface area contributed by atoms with E-state index in [0.717, 1.165) is 0 Å². The summed E-state index contributed by atoms with van der Waals surface area (Å²) in [6, 6.07) is 15.4. The molecule has 40 heavy (non-hydrogen) atoms. The van der Waals surface area contributed by atoms with Crippen LogP contribution in [0, 0.1) is 0 Å². The molecule has 0 aromatic heterocycles. The topological polar surface area (TPSA) is 123 Å². The van der Waals surface area contributed by atoms with Crippen LogP contribution in [0.1, 0.15) is 41.3 Å². The molecular weight excluding hydrogens is 529 g/mol. The minimum absolute atomic E-state index is 0.145. The second kappa shape index (κ2) is 13.4. The summed E-state index contributed by atoms with van der Waals surface area (Å²) >= 11 is 0. The van der Waals surface area contributed by atoms with Crippen molar-refractivity contribution in [1.29, 1.82) is 0 Å². The van der Waals surface area contributed by atoms with Crippen LogP contribution in [0.4, 0.5) is 24.5 Å². The fraction of sp³-hybridized carbons (Fsp3) is 0.241. The molecular formula is C29H29F3N2O6. The van der Waals surface area contributed by atoms with E-state index in [-0.39, 0.29) is 48.0 Å². The summed E-state index contributed by atoms with van der Waals surface area (Å²) in [4.78, 5) is 25.3. The quantitative estimate of drug-likeness (QED) is 0.0744. The molecule has 3 aromatic rings. The van der Waals surface area contributed by atoms with Crippen molar-refractivity contribution in [2.75, 3.05) is 31.8 Å². The highest BCUT2D eigenvalue weighted by Crippen LogP contribution is 2.30. The van der Waals surface area contributed by atoms with E-state index in [1.807, 2.05) is 0 Å². The van der Waals surface area contributed by atoms with E-state index in [0.29, 0.717) is 22.5 Å². The van der Waals surface area contributed by atoms with Gasteiger partial charge in [0, 0.05) is 23.4 Å². The Labute approximate surface area is 229 Å². The lowest BCUT2D eigenvalue weighted by atomic mass is 10.0. The number of rotatable bonds is 11. The van der Waals surface area contributed by atoms with Crippen molar-refractivity contribution in [1.82, 2.24) is 0 Å². The van der Waals surface area contributed by atoms with E-state index in [9.17, 15) is 22.8 Å². The van der Waals surface area contributed by atoms with Crippen LogP contribution in [0.2, 0.25) is 0 Å². The van der Waals surface area contributed by atoms with Gasteiger partial charge in [-0.15, -0.1) is 0 Å². The van der Waals surface area contributed by atoms with E-state index in [1.54, 1.807) is 55.5 Å². The van der Waals surface area contributed by atoms with E-state index in [1.165, 1.54) is 25.3 Å². The fourth-order valence-electron chi connectivity index (χ4n) is 3.62. The Morgan fingerprint density at radius 1 is 0.950 bits per heavy atom. The first-order chi connectivity index (χ1) is 19.0. The molecule has 0 aliphatic carbocycles. The average Bonchev–Trinajstić information content (AvgIpc) is 2.90. The largest absolute Gasteiger partial charge is 0.493 e. The van der Waals surface area contributed by atoms with Crippen LogP contribution in [0.25, 0.3) is 11.6 Å². The molecule has 11 heteroatoms. The van der Waals surface area contributed by atoms with Gasteiger partial charge in [0.15, 0.2) is 11.5 Å². The van der Waals surface area contributed by atoms with Gasteiger partial charge in [-0.05, 0) is 73.5 Å². The molecule has 0 fully saturated rings. The molecule has 0 heterocycles. The smallest absolute Gasteiger partial charge is 0.389 e. The number of nitrogens with two attached hydrogens (primary N) is 2. The van der Waals surface area contributed by atoms with Gasteiger partial charge in [-0.2, -0.15) is 13.2 Å². The van der Waals surface area contributed by atoms with Gasteiger partial charge in [-0.3, -0.25) is 0 Å². The Hall–Kier alpha value is -4.67. The Morgan fingerprint density at radius 2 is 1.68 bits per heavy atom. The van der Waals surface area contributed by atoms with E-state index in [4.69, 9.17) is 30.4 Å². The lowest BCUT2D eigenvalue weighted by Gasteiger charge is -2.13. The third-order valence-electron chi connectivity index (χ3n) is 5.52. The highest BCUT2D eigenvalue weighted by atomic mass is 19.4. The fourth-order valence-corrected chi connectivity index (χ4v) is 3.62. The van der Waals surface area contributed by atoms with Crippen LogP contribution in [-0.4, -0.2) is 38.4 Å². The van der Waals surface area contributed by atoms with Gasteiger partial charge in [-0.25, -0.2) is 9.59 Å². The van der Waals surface area contributed by atoms with E-state index >= 15 is 0 Å².